The van der Waals surface area contributed by atoms with Crippen LogP contribution in [0, 0.1) is 5.82 Å². The van der Waals surface area contributed by atoms with E-state index in [0.717, 1.165) is 22.5 Å². The second kappa shape index (κ2) is 11.6. The first-order valence-electron chi connectivity index (χ1n) is 12.4. The summed E-state index contributed by atoms with van der Waals surface area (Å²) < 4.78 is 22.3. The molecule has 0 aliphatic carbocycles. The van der Waals surface area contributed by atoms with Crippen molar-refractivity contribution in [2.45, 2.75) is 13.0 Å². The van der Waals surface area contributed by atoms with Gasteiger partial charge in [0.1, 0.15) is 27.1 Å². The molecule has 0 unspecified atom stereocenters. The fourth-order valence-electron chi connectivity index (χ4n) is 4.41. The van der Waals surface area contributed by atoms with Crippen molar-refractivity contribution in [2.75, 3.05) is 11.9 Å². The Kier molecular flexibility index (Phi) is 7.60. The molecule has 6 rings (SSSR count). The third kappa shape index (κ3) is 5.63. The van der Waals surface area contributed by atoms with E-state index in [1.54, 1.807) is 60.8 Å². The van der Waals surface area contributed by atoms with Gasteiger partial charge in [-0.05, 0) is 48.5 Å². The number of fused-ring (bicyclic) bond motifs is 3. The zero-order chi connectivity index (χ0) is 27.5. The molecule has 0 atom stereocenters. The molecule has 0 saturated carbocycles. The number of rotatable bonds is 7. The summed E-state index contributed by atoms with van der Waals surface area (Å²) >= 11 is 6.04. The Morgan fingerprint density at radius 2 is 1.90 bits per heavy atom. The number of halogens is 3. The Morgan fingerprint density at radius 3 is 2.70 bits per heavy atom. The van der Waals surface area contributed by atoms with E-state index in [1.165, 1.54) is 6.07 Å². The lowest BCUT2D eigenvalue weighted by molar-refractivity contribution is 0.0954. The zero-order valence-corrected chi connectivity index (χ0v) is 23.9. The van der Waals surface area contributed by atoms with Gasteiger partial charge >= 0.3 is 0 Å². The van der Waals surface area contributed by atoms with E-state index < -0.39 is 0 Å². The molecule has 0 radical (unpaired) electrons. The maximum atomic E-state index is 14.8. The van der Waals surface area contributed by atoms with Crippen LogP contribution in [-0.2, 0) is 6.54 Å². The average molecular weight is 666 g/mol. The highest BCUT2D eigenvalue weighted by Crippen LogP contribution is 2.34. The van der Waals surface area contributed by atoms with Gasteiger partial charge in [0.15, 0.2) is 0 Å². The molecule has 0 fully saturated rings. The molecule has 3 heterocycles. The predicted molar refractivity (Wildman–Crippen MR) is 163 cm³/mol. The smallest absolute Gasteiger partial charge is 0.251 e. The summed E-state index contributed by atoms with van der Waals surface area (Å²) in [7, 11) is 0. The van der Waals surface area contributed by atoms with Crippen LogP contribution in [0.5, 0.6) is 0 Å². The van der Waals surface area contributed by atoms with E-state index in [9.17, 15) is 9.18 Å². The molecule has 1 amide bonds. The molecule has 3 N–H and O–H groups in total. The molecule has 2 aliphatic rings. The summed E-state index contributed by atoms with van der Waals surface area (Å²) in [6.07, 6.45) is 4.34. The van der Waals surface area contributed by atoms with Gasteiger partial charge in [0.05, 0.1) is 23.6 Å². The normalized spacial score (nSPS) is 13.6. The van der Waals surface area contributed by atoms with Crippen LogP contribution in [0.2, 0.25) is 5.02 Å². The number of carbonyl (C=O) groups is 1. The van der Waals surface area contributed by atoms with Gasteiger partial charge in [-0.15, -0.1) is 0 Å². The van der Waals surface area contributed by atoms with Crippen molar-refractivity contribution >= 4 is 56.2 Å². The largest absolute Gasteiger partial charge is 0.352 e. The molecule has 0 spiro atoms. The van der Waals surface area contributed by atoms with Gasteiger partial charge in [-0.1, -0.05) is 29.8 Å². The number of benzene rings is 3. The van der Waals surface area contributed by atoms with Crippen molar-refractivity contribution in [1.29, 1.82) is 0 Å². The van der Waals surface area contributed by atoms with Gasteiger partial charge in [0.2, 0.25) is 5.95 Å². The van der Waals surface area contributed by atoms with Crippen molar-refractivity contribution in [3.63, 3.8) is 0 Å². The summed E-state index contributed by atoms with van der Waals surface area (Å²) in [5.74, 6) is -0.116. The van der Waals surface area contributed by atoms with Gasteiger partial charge in [0.25, 0.3) is 5.91 Å². The Balaban J connectivity index is 1.22. The highest BCUT2D eigenvalue weighted by molar-refractivity contribution is 14.1. The number of aromatic nitrogens is 2. The Hall–Kier alpha value is -4.03. The third-order valence-corrected chi connectivity index (χ3v) is 8.07. The first-order valence-corrected chi connectivity index (χ1v) is 14.9. The first-order chi connectivity index (χ1) is 19.5. The van der Waals surface area contributed by atoms with Gasteiger partial charge in [-0.3, -0.25) is 9.79 Å². The number of aliphatic imine (C=N–C) groups is 1. The molecule has 4 aromatic rings. The number of hydrogen-bond acceptors (Lipinski definition) is 7. The number of anilines is 2. The number of amides is 1. The molecule has 3 aromatic carbocycles. The first kappa shape index (κ1) is 26.2. The average Bonchev–Trinajstić information content (AvgIpc) is 3.43. The maximum absolute atomic E-state index is 14.8. The van der Waals surface area contributed by atoms with Gasteiger partial charge in [-0.2, -0.15) is 0 Å². The Labute approximate surface area is 245 Å². The highest BCUT2D eigenvalue weighted by Gasteiger charge is 2.23. The van der Waals surface area contributed by atoms with Crippen molar-refractivity contribution < 1.29 is 9.18 Å². The fourth-order valence-corrected chi connectivity index (χ4v) is 5.91. The molecule has 8 nitrogen and oxygen atoms in total. The molecule has 40 heavy (non-hydrogen) atoms. The molecule has 2 aliphatic heterocycles. The van der Waals surface area contributed by atoms with Crippen molar-refractivity contribution in [1.82, 2.24) is 18.8 Å². The number of nitrogens with zero attached hydrogens (tertiary/aromatic N) is 4. The fraction of sp³-hybridized carbons (Fsp3) is 0.103. The lowest BCUT2D eigenvalue weighted by Crippen LogP contribution is -2.24. The van der Waals surface area contributed by atoms with E-state index in [0.29, 0.717) is 58.6 Å². The third-order valence-electron chi connectivity index (χ3n) is 6.38. The number of hydrogen-bond donors (Lipinski definition) is 3. The minimum atomic E-state index is -0.357. The zero-order valence-electron chi connectivity index (χ0n) is 21.0. The van der Waals surface area contributed by atoms with Crippen LogP contribution in [0.4, 0.5) is 16.0 Å². The standard InChI is InChI=1S/C29H22ClFIN7O/c30-19-7-10-22-24(13-19)27(23-3-1-2-4-25(23)31)34-14-18-15-35-29(38-26(18)22)37-20-8-5-17(6-9-20)28(40)33-12-11-21-16-36-32-39-21/h1-10,13,15-16H,11-12,14H2,(H,33,40)(H,36,39)(H,35,37,38). The molecular weight excluding hydrogens is 644 g/mol. The van der Waals surface area contributed by atoms with Crippen LogP contribution < -0.4 is 14.2 Å². The molecule has 0 bridgehead atoms. The molecule has 0 saturated heterocycles. The van der Waals surface area contributed by atoms with Gasteiger partial charge < -0.3 is 14.2 Å². The van der Waals surface area contributed by atoms with Crippen LogP contribution >= 0.6 is 32.9 Å². The second-order valence-corrected chi connectivity index (χ2v) is 11.0. The molecule has 11 heteroatoms. The van der Waals surface area contributed by atoms with Gasteiger partial charge in [0, 0.05) is 63.9 Å². The monoisotopic (exact) mass is 665 g/mol. The van der Waals surface area contributed by atoms with Crippen molar-refractivity contribution in [3.05, 3.63) is 118 Å². The van der Waals surface area contributed by atoms with E-state index in [2.05, 4.69) is 22.3 Å². The minimum Gasteiger partial charge on any atom is -0.352 e. The summed E-state index contributed by atoms with van der Waals surface area (Å²) in [4.78, 5) is 26.5. The number of nitrogens with one attached hydrogen (secondary N) is 3. The SMILES string of the molecule is O=C(NCCC1=CNI=N1)c1ccc(Nc2ncc3c(n2)-c2ccc(Cl)cc2C(c2ccccc2F)=NC3)cc1. The van der Waals surface area contributed by atoms with Crippen molar-refractivity contribution in [3.8, 4) is 11.3 Å². The predicted octanol–water partition coefficient (Wildman–Crippen LogP) is 6.66. The summed E-state index contributed by atoms with van der Waals surface area (Å²) in [6.45, 7) is 0.816. The van der Waals surface area contributed by atoms with Crippen molar-refractivity contribution in [2.24, 2.45) is 8.14 Å². The van der Waals surface area contributed by atoms with E-state index in [4.69, 9.17) is 21.6 Å². The Morgan fingerprint density at radius 1 is 1.05 bits per heavy atom. The number of carbonyl (C=O) groups excluding carboxylic acids is 1. The lowest BCUT2D eigenvalue weighted by atomic mass is 9.95. The summed E-state index contributed by atoms with van der Waals surface area (Å²) in [6, 6.07) is 19.1. The quantitative estimate of drug-likeness (QED) is 0.151. The topological polar surface area (TPSA) is 104 Å². The van der Waals surface area contributed by atoms with Crippen LogP contribution in [0.25, 0.3) is 11.3 Å². The van der Waals surface area contributed by atoms with Crippen LogP contribution in [0.1, 0.15) is 33.5 Å². The minimum absolute atomic E-state index is 0.144. The van der Waals surface area contributed by atoms with E-state index in [-0.39, 0.29) is 33.0 Å². The molecular formula is C29H22ClFIN7O. The van der Waals surface area contributed by atoms with Crippen LogP contribution in [0.15, 0.2) is 93.0 Å². The van der Waals surface area contributed by atoms with E-state index >= 15 is 0 Å². The maximum Gasteiger partial charge on any atom is 0.251 e. The van der Waals surface area contributed by atoms with E-state index in [1.807, 2.05) is 12.3 Å². The molecule has 1 aromatic heterocycles. The van der Waals surface area contributed by atoms with Crippen LogP contribution in [-0.4, -0.2) is 28.1 Å². The lowest BCUT2D eigenvalue weighted by Gasteiger charge is -2.13. The second-order valence-electron chi connectivity index (χ2n) is 9.02. The van der Waals surface area contributed by atoms with Gasteiger partial charge in [-0.25, -0.2) is 17.5 Å². The highest BCUT2D eigenvalue weighted by atomic mass is 127. The summed E-state index contributed by atoms with van der Waals surface area (Å²) in [5.41, 5.74) is 6.19. The molecule has 200 valence electrons. The van der Waals surface area contributed by atoms with Crippen LogP contribution in [0.3, 0.4) is 0 Å². The summed E-state index contributed by atoms with van der Waals surface area (Å²) in [5, 5.41) is 6.66. The Bertz CT molecular complexity index is 1710.